The number of nitrogens with zero attached hydrogens (tertiary/aromatic N) is 3. The van der Waals surface area contributed by atoms with E-state index in [0.717, 1.165) is 57.9 Å². The quantitative estimate of drug-likeness (QED) is 0.227. The van der Waals surface area contributed by atoms with Gasteiger partial charge in [0.15, 0.2) is 5.96 Å². The third-order valence-corrected chi connectivity index (χ3v) is 6.74. The van der Waals surface area contributed by atoms with Crippen molar-refractivity contribution < 1.29 is 4.79 Å². The number of amides is 1. The van der Waals surface area contributed by atoms with Gasteiger partial charge in [0.2, 0.25) is 5.91 Å². The summed E-state index contributed by atoms with van der Waals surface area (Å²) in [6, 6.07) is 0.0752. The van der Waals surface area contributed by atoms with Gasteiger partial charge < -0.3 is 15.5 Å². The fourth-order valence-electron chi connectivity index (χ4n) is 3.71. The smallest absolute Gasteiger partial charge is 0.239 e. The first kappa shape index (κ1) is 24.8. The summed E-state index contributed by atoms with van der Waals surface area (Å²) in [5, 5.41) is 6.81. The normalized spacial score (nSPS) is 25.9. The molecule has 2 heterocycles. The van der Waals surface area contributed by atoms with Crippen LogP contribution in [0.3, 0.4) is 0 Å². The van der Waals surface area contributed by atoms with E-state index in [2.05, 4.69) is 29.4 Å². The Bertz CT molecular complexity index is 483. The molecule has 0 aliphatic carbocycles. The molecule has 27 heavy (non-hydrogen) atoms. The molecule has 0 spiro atoms. The Kier molecular flexibility index (Phi) is 11.4. The van der Waals surface area contributed by atoms with E-state index in [1.54, 1.807) is 4.90 Å². The zero-order valence-electron chi connectivity index (χ0n) is 17.4. The van der Waals surface area contributed by atoms with Crippen LogP contribution in [0, 0.1) is 0 Å². The molecule has 2 saturated heterocycles. The molecule has 0 saturated carbocycles. The van der Waals surface area contributed by atoms with Crippen LogP contribution < -0.4 is 10.6 Å². The molecule has 2 atom stereocenters. The molecule has 2 N–H and O–H groups in total. The molecule has 0 bridgehead atoms. The van der Waals surface area contributed by atoms with Gasteiger partial charge in [-0.2, -0.15) is 11.8 Å². The Balaban J connectivity index is 0.00000364. The van der Waals surface area contributed by atoms with Crippen LogP contribution in [-0.4, -0.2) is 85.0 Å². The fraction of sp³-hybridized carbons (Fsp3) is 0.895. The maximum Gasteiger partial charge on any atom is 0.239 e. The van der Waals surface area contributed by atoms with E-state index in [1.807, 2.05) is 25.9 Å². The second-order valence-corrected chi connectivity index (χ2v) is 9.49. The summed E-state index contributed by atoms with van der Waals surface area (Å²) in [7, 11) is 3.70. The summed E-state index contributed by atoms with van der Waals surface area (Å²) in [6.45, 7) is 9.06. The van der Waals surface area contributed by atoms with Gasteiger partial charge in [0.25, 0.3) is 0 Å². The van der Waals surface area contributed by atoms with E-state index >= 15 is 0 Å². The Morgan fingerprint density at radius 1 is 1.33 bits per heavy atom. The topological polar surface area (TPSA) is 60.0 Å². The van der Waals surface area contributed by atoms with E-state index in [1.165, 1.54) is 18.6 Å². The summed E-state index contributed by atoms with van der Waals surface area (Å²) >= 11 is 2.05. The molecule has 2 aliphatic rings. The molecular weight excluding hydrogens is 473 g/mol. The molecule has 1 amide bonds. The highest BCUT2D eigenvalue weighted by Gasteiger charge is 2.31. The van der Waals surface area contributed by atoms with Gasteiger partial charge in [-0.1, -0.05) is 0 Å². The van der Waals surface area contributed by atoms with Crippen molar-refractivity contribution in [1.29, 1.82) is 0 Å². The summed E-state index contributed by atoms with van der Waals surface area (Å²) in [6.07, 6.45) is 5.70. The zero-order valence-corrected chi connectivity index (χ0v) is 20.6. The molecule has 2 rings (SSSR count). The number of thioether (sulfide) groups is 1. The van der Waals surface area contributed by atoms with Gasteiger partial charge in [-0.25, -0.2) is 0 Å². The Morgan fingerprint density at radius 3 is 2.74 bits per heavy atom. The third kappa shape index (κ3) is 7.97. The largest absolute Gasteiger partial charge is 0.357 e. The maximum absolute atomic E-state index is 12.3. The van der Waals surface area contributed by atoms with Crippen LogP contribution in [0.1, 0.15) is 46.0 Å². The monoisotopic (exact) mass is 511 g/mol. The summed E-state index contributed by atoms with van der Waals surface area (Å²) in [5.74, 6) is 2.43. The number of likely N-dealkylation sites (N-methyl/N-ethyl adjacent to an activating group) is 1. The van der Waals surface area contributed by atoms with Crippen LogP contribution in [0.4, 0.5) is 0 Å². The highest BCUT2D eigenvalue weighted by molar-refractivity contribution is 14.0. The predicted molar refractivity (Wildman–Crippen MR) is 127 cm³/mol. The maximum atomic E-state index is 12.3. The van der Waals surface area contributed by atoms with Crippen LogP contribution in [-0.2, 0) is 4.79 Å². The number of carbonyl (C=O) groups is 1. The molecule has 2 unspecified atom stereocenters. The van der Waals surface area contributed by atoms with Gasteiger partial charge in [0, 0.05) is 38.5 Å². The second kappa shape index (κ2) is 12.4. The van der Waals surface area contributed by atoms with Crippen LogP contribution in [0.25, 0.3) is 0 Å². The van der Waals surface area contributed by atoms with E-state index in [-0.39, 0.29) is 35.9 Å². The van der Waals surface area contributed by atoms with Crippen molar-refractivity contribution in [2.24, 2.45) is 4.99 Å². The Labute approximate surface area is 186 Å². The number of halogens is 1. The number of hydrogen-bond acceptors (Lipinski definition) is 4. The van der Waals surface area contributed by atoms with Crippen LogP contribution in [0.15, 0.2) is 4.99 Å². The number of hydrogen-bond donors (Lipinski definition) is 2. The van der Waals surface area contributed by atoms with Crippen molar-refractivity contribution in [2.75, 3.05) is 52.6 Å². The first-order valence-electron chi connectivity index (χ1n) is 10.1. The lowest BCUT2D eigenvalue weighted by atomic mass is 10.1. The average Bonchev–Trinajstić information content (AvgIpc) is 3.25. The first-order chi connectivity index (χ1) is 12.4. The lowest BCUT2D eigenvalue weighted by Gasteiger charge is -2.26. The van der Waals surface area contributed by atoms with Gasteiger partial charge in [-0.05, 0) is 58.2 Å². The number of aliphatic imine (C=N–C) groups is 1. The molecule has 6 nitrogen and oxygen atoms in total. The number of rotatable bonds is 8. The molecule has 8 heteroatoms. The number of likely N-dealkylation sites (tertiary alicyclic amines) is 1. The third-order valence-electron chi connectivity index (χ3n) is 5.22. The summed E-state index contributed by atoms with van der Waals surface area (Å²) < 4.78 is 0.303. The minimum atomic E-state index is 0. The van der Waals surface area contributed by atoms with Crippen molar-refractivity contribution in [1.82, 2.24) is 20.4 Å². The van der Waals surface area contributed by atoms with Gasteiger partial charge in [0.05, 0.1) is 12.6 Å². The van der Waals surface area contributed by atoms with E-state index in [4.69, 9.17) is 4.99 Å². The Hall–Kier alpha value is -0.220. The van der Waals surface area contributed by atoms with Crippen LogP contribution in [0.2, 0.25) is 0 Å². The number of carbonyl (C=O) groups excluding carboxylic acids is 1. The molecule has 0 aromatic rings. The SMILES string of the molecule is CCNC(=NCC1(C)CCCS1)NCCCN1CCCC1C(=O)N(C)C.I. The van der Waals surface area contributed by atoms with Crippen molar-refractivity contribution in [2.45, 2.75) is 56.7 Å². The summed E-state index contributed by atoms with van der Waals surface area (Å²) in [5.41, 5.74) is 0. The lowest BCUT2D eigenvalue weighted by molar-refractivity contribution is -0.133. The summed E-state index contributed by atoms with van der Waals surface area (Å²) in [4.78, 5) is 21.1. The van der Waals surface area contributed by atoms with Crippen LogP contribution >= 0.6 is 35.7 Å². The molecule has 158 valence electrons. The van der Waals surface area contributed by atoms with Crippen molar-refractivity contribution >= 4 is 47.6 Å². The molecule has 0 aromatic heterocycles. The highest BCUT2D eigenvalue weighted by Crippen LogP contribution is 2.37. The van der Waals surface area contributed by atoms with Crippen molar-refractivity contribution in [3.05, 3.63) is 0 Å². The Morgan fingerprint density at radius 2 is 2.11 bits per heavy atom. The lowest BCUT2D eigenvalue weighted by Crippen LogP contribution is -2.44. The van der Waals surface area contributed by atoms with Gasteiger partial charge in [-0.15, -0.1) is 24.0 Å². The highest BCUT2D eigenvalue weighted by atomic mass is 127. The minimum Gasteiger partial charge on any atom is -0.357 e. The van der Waals surface area contributed by atoms with Gasteiger partial charge >= 0.3 is 0 Å². The number of nitrogens with one attached hydrogen (secondary N) is 2. The molecule has 2 aliphatic heterocycles. The van der Waals surface area contributed by atoms with Gasteiger partial charge in [-0.3, -0.25) is 14.7 Å². The predicted octanol–water partition coefficient (Wildman–Crippen LogP) is 2.39. The van der Waals surface area contributed by atoms with Gasteiger partial charge in [0.1, 0.15) is 0 Å². The van der Waals surface area contributed by atoms with E-state index in [9.17, 15) is 4.79 Å². The standard InChI is InChI=1S/C19H37N5OS.HI/c1-5-20-18(22-15-19(2)10-7-14-26-19)21-11-8-13-24-12-6-9-16(24)17(25)23(3)4;/h16H,5-15H2,1-4H3,(H2,20,21,22);1H. The van der Waals surface area contributed by atoms with Crippen LogP contribution in [0.5, 0.6) is 0 Å². The zero-order chi connectivity index (χ0) is 19.0. The minimum absolute atomic E-state index is 0. The van der Waals surface area contributed by atoms with Crippen molar-refractivity contribution in [3.63, 3.8) is 0 Å². The average molecular weight is 512 g/mol. The number of guanidine groups is 1. The molecular formula is C19H38IN5OS. The molecule has 2 fully saturated rings. The first-order valence-corrected chi connectivity index (χ1v) is 11.0. The molecule has 0 radical (unpaired) electrons. The fourth-order valence-corrected chi connectivity index (χ4v) is 4.94. The van der Waals surface area contributed by atoms with E-state index in [0.29, 0.717) is 4.75 Å². The van der Waals surface area contributed by atoms with Crippen molar-refractivity contribution in [3.8, 4) is 0 Å². The van der Waals surface area contributed by atoms with E-state index < -0.39 is 0 Å². The molecule has 0 aromatic carbocycles. The second-order valence-electron chi connectivity index (χ2n) is 7.80.